The summed E-state index contributed by atoms with van der Waals surface area (Å²) in [7, 11) is 0. The lowest BCUT2D eigenvalue weighted by Gasteiger charge is -2.15. The van der Waals surface area contributed by atoms with Crippen LogP contribution in [0, 0.1) is 6.92 Å². The van der Waals surface area contributed by atoms with Crippen LogP contribution in [0.5, 0.6) is 5.75 Å². The number of rotatable bonds is 6. The van der Waals surface area contributed by atoms with Crippen molar-refractivity contribution in [2.24, 2.45) is 0 Å². The van der Waals surface area contributed by atoms with Crippen LogP contribution in [0.15, 0.2) is 18.2 Å². The highest BCUT2D eigenvalue weighted by Crippen LogP contribution is 2.20. The van der Waals surface area contributed by atoms with E-state index >= 15 is 0 Å². The van der Waals surface area contributed by atoms with E-state index in [1.165, 1.54) is 11.1 Å². The number of benzene rings is 1. The van der Waals surface area contributed by atoms with E-state index < -0.39 is 0 Å². The van der Waals surface area contributed by atoms with Gasteiger partial charge in [-0.25, -0.2) is 0 Å². The third kappa shape index (κ3) is 3.86. The molecular formula is C14H23NO. The Morgan fingerprint density at radius 2 is 2.06 bits per heavy atom. The summed E-state index contributed by atoms with van der Waals surface area (Å²) < 4.78 is 5.62. The highest BCUT2D eigenvalue weighted by molar-refractivity contribution is 5.36. The highest BCUT2D eigenvalue weighted by Gasteiger charge is 2.05. The van der Waals surface area contributed by atoms with Gasteiger partial charge in [-0.2, -0.15) is 0 Å². The number of hydrogen-bond donors (Lipinski definition) is 1. The van der Waals surface area contributed by atoms with Crippen molar-refractivity contribution in [2.45, 2.75) is 46.7 Å². The molecule has 90 valence electrons. The second-order valence-electron chi connectivity index (χ2n) is 4.23. The summed E-state index contributed by atoms with van der Waals surface area (Å²) in [5.74, 6) is 1.00. The quantitative estimate of drug-likeness (QED) is 0.796. The molecule has 1 rings (SSSR count). The topological polar surface area (TPSA) is 21.3 Å². The zero-order valence-electron chi connectivity index (χ0n) is 10.8. The minimum atomic E-state index is 0.551. The summed E-state index contributed by atoms with van der Waals surface area (Å²) in [6, 6.07) is 6.90. The molecule has 0 bridgehead atoms. The molecule has 16 heavy (non-hydrogen) atoms. The first-order chi connectivity index (χ1) is 7.67. The van der Waals surface area contributed by atoms with Gasteiger partial charge in [0.2, 0.25) is 0 Å². The van der Waals surface area contributed by atoms with Crippen molar-refractivity contribution in [1.82, 2.24) is 5.32 Å². The molecule has 0 saturated carbocycles. The Morgan fingerprint density at radius 3 is 2.69 bits per heavy atom. The van der Waals surface area contributed by atoms with Crippen LogP contribution in [-0.4, -0.2) is 12.6 Å². The normalized spacial score (nSPS) is 12.5. The molecule has 1 aromatic rings. The average Bonchev–Trinajstić information content (AvgIpc) is 2.29. The highest BCUT2D eigenvalue weighted by atomic mass is 16.5. The molecular weight excluding hydrogens is 198 g/mol. The fourth-order valence-electron chi connectivity index (χ4n) is 1.57. The van der Waals surface area contributed by atoms with Gasteiger partial charge in [-0.3, -0.25) is 0 Å². The Hall–Kier alpha value is -1.02. The first kappa shape index (κ1) is 13.0. The van der Waals surface area contributed by atoms with E-state index in [2.05, 4.69) is 44.3 Å². The van der Waals surface area contributed by atoms with Gasteiger partial charge in [0.15, 0.2) is 0 Å². The molecule has 0 radical (unpaired) electrons. The predicted molar refractivity (Wildman–Crippen MR) is 68.9 cm³/mol. The zero-order valence-corrected chi connectivity index (χ0v) is 10.8. The second kappa shape index (κ2) is 6.54. The monoisotopic (exact) mass is 221 g/mol. The van der Waals surface area contributed by atoms with E-state index in [0.29, 0.717) is 6.04 Å². The third-order valence-electron chi connectivity index (χ3n) is 2.77. The summed E-state index contributed by atoms with van der Waals surface area (Å²) in [6.45, 7) is 10.1. The summed E-state index contributed by atoms with van der Waals surface area (Å²) in [4.78, 5) is 0. The second-order valence-corrected chi connectivity index (χ2v) is 4.23. The Kier molecular flexibility index (Phi) is 5.33. The molecule has 0 spiro atoms. The van der Waals surface area contributed by atoms with Gasteiger partial charge in [-0.15, -0.1) is 0 Å². The summed E-state index contributed by atoms with van der Waals surface area (Å²) in [5, 5.41) is 3.49. The van der Waals surface area contributed by atoms with Crippen LogP contribution in [0.4, 0.5) is 0 Å². The van der Waals surface area contributed by atoms with Gasteiger partial charge in [0.1, 0.15) is 5.75 Å². The average molecular weight is 221 g/mol. The fraction of sp³-hybridized carbons (Fsp3) is 0.571. The molecule has 2 heteroatoms. The van der Waals surface area contributed by atoms with Crippen molar-refractivity contribution in [3.63, 3.8) is 0 Å². The summed E-state index contributed by atoms with van der Waals surface area (Å²) in [6.07, 6.45) is 1.15. The van der Waals surface area contributed by atoms with Crippen LogP contribution in [0.2, 0.25) is 0 Å². The first-order valence-electron chi connectivity index (χ1n) is 6.13. The Morgan fingerprint density at radius 1 is 1.31 bits per heavy atom. The van der Waals surface area contributed by atoms with E-state index in [1.54, 1.807) is 0 Å². The molecule has 0 aliphatic rings. The molecule has 0 saturated heterocycles. The number of ether oxygens (including phenoxy) is 1. The lowest BCUT2D eigenvalue weighted by Crippen LogP contribution is -2.24. The van der Waals surface area contributed by atoms with Crippen molar-refractivity contribution in [3.8, 4) is 5.75 Å². The molecule has 1 aromatic carbocycles. The SMILES string of the molecule is CCOc1ccc(C)cc1CN[C@@H](C)CC. The van der Waals surface area contributed by atoms with Crippen LogP contribution in [-0.2, 0) is 6.54 Å². The Balaban J connectivity index is 2.71. The van der Waals surface area contributed by atoms with Gasteiger partial charge in [0.25, 0.3) is 0 Å². The maximum absolute atomic E-state index is 5.62. The Bertz CT molecular complexity index is 323. The van der Waals surface area contributed by atoms with Crippen molar-refractivity contribution in [1.29, 1.82) is 0 Å². The molecule has 0 aromatic heterocycles. The Labute approximate surface area is 99.0 Å². The molecule has 0 unspecified atom stereocenters. The molecule has 2 nitrogen and oxygen atoms in total. The van der Waals surface area contributed by atoms with Gasteiger partial charge in [0.05, 0.1) is 6.61 Å². The minimum absolute atomic E-state index is 0.551. The van der Waals surface area contributed by atoms with E-state index in [-0.39, 0.29) is 0 Å². The predicted octanol–water partition coefficient (Wildman–Crippen LogP) is 3.28. The molecule has 0 aliphatic carbocycles. The van der Waals surface area contributed by atoms with Crippen LogP contribution in [0.1, 0.15) is 38.3 Å². The van der Waals surface area contributed by atoms with E-state index in [4.69, 9.17) is 4.74 Å². The van der Waals surface area contributed by atoms with Crippen molar-refractivity contribution in [3.05, 3.63) is 29.3 Å². The fourth-order valence-corrected chi connectivity index (χ4v) is 1.57. The van der Waals surface area contributed by atoms with Gasteiger partial charge in [-0.05, 0) is 33.3 Å². The van der Waals surface area contributed by atoms with Crippen LogP contribution in [0.3, 0.4) is 0 Å². The van der Waals surface area contributed by atoms with Gasteiger partial charge in [-0.1, -0.05) is 24.6 Å². The van der Waals surface area contributed by atoms with Crippen molar-refractivity contribution < 1.29 is 4.74 Å². The zero-order chi connectivity index (χ0) is 12.0. The smallest absolute Gasteiger partial charge is 0.123 e. The lowest BCUT2D eigenvalue weighted by molar-refractivity contribution is 0.334. The van der Waals surface area contributed by atoms with Crippen LogP contribution in [0.25, 0.3) is 0 Å². The summed E-state index contributed by atoms with van der Waals surface area (Å²) >= 11 is 0. The third-order valence-corrected chi connectivity index (χ3v) is 2.77. The minimum Gasteiger partial charge on any atom is -0.494 e. The number of nitrogens with one attached hydrogen (secondary N) is 1. The molecule has 0 amide bonds. The van der Waals surface area contributed by atoms with Gasteiger partial charge in [0, 0.05) is 18.2 Å². The summed E-state index contributed by atoms with van der Waals surface area (Å²) in [5.41, 5.74) is 2.53. The van der Waals surface area contributed by atoms with Crippen molar-refractivity contribution in [2.75, 3.05) is 6.61 Å². The number of hydrogen-bond acceptors (Lipinski definition) is 2. The molecule has 0 fully saturated rings. The van der Waals surface area contributed by atoms with Gasteiger partial charge >= 0.3 is 0 Å². The van der Waals surface area contributed by atoms with E-state index in [0.717, 1.165) is 25.3 Å². The number of aryl methyl sites for hydroxylation is 1. The van der Waals surface area contributed by atoms with Crippen molar-refractivity contribution >= 4 is 0 Å². The molecule has 1 N–H and O–H groups in total. The van der Waals surface area contributed by atoms with Crippen LogP contribution < -0.4 is 10.1 Å². The lowest BCUT2D eigenvalue weighted by atomic mass is 10.1. The molecule has 1 atom stereocenters. The van der Waals surface area contributed by atoms with E-state index in [9.17, 15) is 0 Å². The van der Waals surface area contributed by atoms with Gasteiger partial charge < -0.3 is 10.1 Å². The largest absolute Gasteiger partial charge is 0.494 e. The van der Waals surface area contributed by atoms with Crippen LogP contribution >= 0.6 is 0 Å². The first-order valence-corrected chi connectivity index (χ1v) is 6.13. The molecule has 0 aliphatic heterocycles. The maximum Gasteiger partial charge on any atom is 0.123 e. The van der Waals surface area contributed by atoms with E-state index in [1.807, 2.05) is 6.92 Å². The maximum atomic E-state index is 5.62. The standard InChI is InChI=1S/C14H23NO/c1-5-12(4)15-10-13-9-11(3)7-8-14(13)16-6-2/h7-9,12,15H,5-6,10H2,1-4H3/t12-/m0/s1. The molecule has 0 heterocycles.